The zero-order chi connectivity index (χ0) is 23.6. The molecule has 0 bridgehead atoms. The molecule has 2 amide bonds. The lowest BCUT2D eigenvalue weighted by molar-refractivity contribution is -0.144. The second-order valence-corrected chi connectivity index (χ2v) is 9.04. The van der Waals surface area contributed by atoms with Crippen molar-refractivity contribution in [2.45, 2.75) is 32.6 Å². The maximum atomic E-state index is 13.0. The predicted molar refractivity (Wildman–Crippen MR) is 124 cm³/mol. The number of nitrogens with zero attached hydrogens (tertiary/aromatic N) is 1. The number of rotatable bonds is 9. The lowest BCUT2D eigenvalue weighted by Gasteiger charge is -2.27. The number of hydrogen-bond acceptors (Lipinski definition) is 4. The minimum atomic E-state index is -0.928. The van der Waals surface area contributed by atoms with E-state index in [-0.39, 0.29) is 31.5 Å². The average Bonchev–Trinajstić information content (AvgIpc) is 3.56. The molecule has 1 atom stereocenters. The fraction of sp³-hybridized carbons (Fsp3) is 0.423. The summed E-state index contributed by atoms with van der Waals surface area (Å²) in [5.41, 5.74) is 3.97. The summed E-state index contributed by atoms with van der Waals surface area (Å²) in [4.78, 5) is 38.3. The van der Waals surface area contributed by atoms with Crippen LogP contribution in [0.25, 0.3) is 11.1 Å². The number of aliphatic carboxylic acids is 1. The third kappa shape index (κ3) is 4.58. The lowest BCUT2D eigenvalue weighted by atomic mass is 9.98. The predicted octanol–water partition coefficient (Wildman–Crippen LogP) is 3.87. The number of ether oxygens (including phenoxy) is 1. The van der Waals surface area contributed by atoms with Gasteiger partial charge in [0.2, 0.25) is 5.91 Å². The first-order valence-corrected chi connectivity index (χ1v) is 11.5. The van der Waals surface area contributed by atoms with Crippen molar-refractivity contribution in [2.75, 3.05) is 26.2 Å². The molecule has 0 aromatic heterocycles. The lowest BCUT2D eigenvalue weighted by Crippen LogP contribution is -2.45. The number of alkyl carbamates (subject to hydrolysis) is 1. The van der Waals surface area contributed by atoms with Crippen LogP contribution in [0.3, 0.4) is 0 Å². The van der Waals surface area contributed by atoms with Crippen LogP contribution in [0.5, 0.6) is 0 Å². The van der Waals surface area contributed by atoms with E-state index in [1.54, 1.807) is 11.8 Å². The Balaban J connectivity index is 1.34. The molecule has 0 radical (unpaired) electrons. The Kier molecular flexibility index (Phi) is 6.40. The molecular weight excluding hydrogens is 420 g/mol. The second kappa shape index (κ2) is 9.25. The van der Waals surface area contributed by atoms with Gasteiger partial charge < -0.3 is 20.1 Å². The topological polar surface area (TPSA) is 95.9 Å². The molecule has 0 spiro atoms. The van der Waals surface area contributed by atoms with Crippen LogP contribution < -0.4 is 5.32 Å². The van der Waals surface area contributed by atoms with Gasteiger partial charge in [0.1, 0.15) is 6.61 Å². The van der Waals surface area contributed by atoms with Crippen molar-refractivity contribution < 1.29 is 24.2 Å². The van der Waals surface area contributed by atoms with Crippen molar-refractivity contribution in [3.8, 4) is 11.1 Å². The van der Waals surface area contributed by atoms with Gasteiger partial charge in [-0.15, -0.1) is 0 Å². The van der Waals surface area contributed by atoms with Crippen LogP contribution in [0.15, 0.2) is 48.5 Å². The zero-order valence-electron chi connectivity index (χ0n) is 19.0. The van der Waals surface area contributed by atoms with E-state index < -0.39 is 23.4 Å². The number of benzene rings is 2. The summed E-state index contributed by atoms with van der Waals surface area (Å²) in [7, 11) is 0. The molecule has 2 aromatic rings. The third-order valence-electron chi connectivity index (χ3n) is 6.81. The first-order valence-electron chi connectivity index (χ1n) is 11.5. The summed E-state index contributed by atoms with van der Waals surface area (Å²) >= 11 is 0. The summed E-state index contributed by atoms with van der Waals surface area (Å²) in [6.07, 6.45) is 0.804. The molecule has 2 N–H and O–H groups in total. The largest absolute Gasteiger partial charge is 0.481 e. The highest BCUT2D eigenvalue weighted by atomic mass is 16.5. The number of carbonyl (C=O) groups is 3. The monoisotopic (exact) mass is 450 g/mol. The number of hydrogen-bond donors (Lipinski definition) is 2. The van der Waals surface area contributed by atoms with Gasteiger partial charge in [0.05, 0.1) is 11.3 Å². The van der Waals surface area contributed by atoms with Crippen LogP contribution in [-0.4, -0.2) is 54.2 Å². The molecule has 174 valence electrons. The maximum absolute atomic E-state index is 13.0. The highest BCUT2D eigenvalue weighted by molar-refractivity contribution is 5.87. The van der Waals surface area contributed by atoms with E-state index in [1.165, 1.54) is 11.1 Å². The van der Waals surface area contributed by atoms with Crippen LogP contribution in [0, 0.1) is 11.3 Å². The molecule has 33 heavy (non-hydrogen) atoms. The Labute approximate surface area is 193 Å². The highest BCUT2D eigenvalue weighted by Crippen LogP contribution is 2.47. The number of fused-ring (bicyclic) bond motifs is 3. The minimum absolute atomic E-state index is 0.0206. The molecule has 0 aliphatic heterocycles. The first-order chi connectivity index (χ1) is 15.9. The van der Waals surface area contributed by atoms with Gasteiger partial charge >= 0.3 is 12.1 Å². The molecule has 1 saturated carbocycles. The Morgan fingerprint density at radius 2 is 1.67 bits per heavy atom. The van der Waals surface area contributed by atoms with E-state index in [9.17, 15) is 14.4 Å². The molecule has 7 nitrogen and oxygen atoms in total. The summed E-state index contributed by atoms with van der Waals surface area (Å²) in [5, 5.41) is 11.9. The maximum Gasteiger partial charge on any atom is 0.407 e. The Hall–Kier alpha value is -3.35. The van der Waals surface area contributed by atoms with E-state index in [0.717, 1.165) is 11.1 Å². The fourth-order valence-electron chi connectivity index (χ4n) is 4.61. The summed E-state index contributed by atoms with van der Waals surface area (Å²) < 4.78 is 5.57. The van der Waals surface area contributed by atoms with E-state index >= 15 is 0 Å². The van der Waals surface area contributed by atoms with Gasteiger partial charge in [-0.25, -0.2) is 4.79 Å². The molecular formula is C26H30N2O5. The second-order valence-electron chi connectivity index (χ2n) is 9.04. The van der Waals surface area contributed by atoms with E-state index in [4.69, 9.17) is 9.84 Å². The van der Waals surface area contributed by atoms with Crippen LogP contribution in [0.1, 0.15) is 43.7 Å². The molecule has 7 heteroatoms. The highest BCUT2D eigenvalue weighted by Gasteiger charge is 2.51. The Morgan fingerprint density at radius 1 is 1.09 bits per heavy atom. The van der Waals surface area contributed by atoms with Gasteiger partial charge in [0.25, 0.3) is 0 Å². The van der Waals surface area contributed by atoms with Gasteiger partial charge in [-0.2, -0.15) is 0 Å². The number of carbonyl (C=O) groups excluding carboxylic acids is 2. The molecule has 4 rings (SSSR count). The van der Waals surface area contributed by atoms with Crippen molar-refractivity contribution in [2.24, 2.45) is 11.3 Å². The van der Waals surface area contributed by atoms with Crippen molar-refractivity contribution in [1.29, 1.82) is 0 Å². The number of carboxylic acid groups (broad SMARTS) is 1. The van der Waals surface area contributed by atoms with Crippen LogP contribution >= 0.6 is 0 Å². The summed E-state index contributed by atoms with van der Waals surface area (Å²) in [5.74, 6) is -1.69. The van der Waals surface area contributed by atoms with Gasteiger partial charge in [-0.3, -0.25) is 9.59 Å². The molecule has 2 aromatic carbocycles. The number of carboxylic acids is 1. The fourth-order valence-corrected chi connectivity index (χ4v) is 4.61. The van der Waals surface area contributed by atoms with Crippen molar-refractivity contribution in [3.05, 3.63) is 59.7 Å². The van der Waals surface area contributed by atoms with Gasteiger partial charge in [-0.1, -0.05) is 55.5 Å². The third-order valence-corrected chi connectivity index (χ3v) is 6.81. The van der Waals surface area contributed by atoms with Gasteiger partial charge in [0.15, 0.2) is 0 Å². The van der Waals surface area contributed by atoms with E-state index in [2.05, 4.69) is 29.6 Å². The smallest absolute Gasteiger partial charge is 0.407 e. The Bertz CT molecular complexity index is 1020. The van der Waals surface area contributed by atoms with Crippen molar-refractivity contribution in [3.63, 3.8) is 0 Å². The quantitative estimate of drug-likeness (QED) is 0.605. The molecule has 2 aliphatic carbocycles. The normalized spacial score (nSPS) is 16.3. The molecule has 1 fully saturated rings. The van der Waals surface area contributed by atoms with Crippen LogP contribution in [0.2, 0.25) is 0 Å². The number of amides is 2. The van der Waals surface area contributed by atoms with E-state index in [0.29, 0.717) is 19.4 Å². The van der Waals surface area contributed by atoms with Crippen LogP contribution in [-0.2, 0) is 14.3 Å². The standard InChI is InChI=1S/C26H30N2O5/c1-3-28(14-17(2)23(29)30)24(31)26(12-13-26)16-27-25(32)33-15-22-20-10-6-4-8-18(20)19-9-5-7-11-21(19)22/h4-11,17,22H,3,12-16H2,1-2H3,(H,27,32)(H,29,30). The van der Waals surface area contributed by atoms with Crippen molar-refractivity contribution >= 4 is 18.0 Å². The Morgan fingerprint density at radius 3 is 2.18 bits per heavy atom. The molecule has 0 heterocycles. The average molecular weight is 451 g/mol. The number of nitrogens with one attached hydrogen (secondary N) is 1. The first kappa shape index (κ1) is 22.8. The zero-order valence-corrected chi connectivity index (χ0v) is 19.0. The SMILES string of the molecule is CCN(CC(C)C(=O)O)C(=O)C1(CNC(=O)OCC2c3ccccc3-c3ccccc32)CC1. The van der Waals surface area contributed by atoms with Crippen molar-refractivity contribution in [1.82, 2.24) is 10.2 Å². The van der Waals surface area contributed by atoms with E-state index in [1.807, 2.05) is 31.2 Å². The molecule has 1 unspecified atom stereocenters. The minimum Gasteiger partial charge on any atom is -0.481 e. The molecule has 2 aliphatic rings. The summed E-state index contributed by atoms with van der Waals surface area (Å²) in [6.45, 7) is 4.44. The summed E-state index contributed by atoms with van der Waals surface area (Å²) in [6, 6.07) is 16.3. The van der Waals surface area contributed by atoms with Gasteiger partial charge in [-0.05, 0) is 42.0 Å². The molecule has 0 saturated heterocycles. The van der Waals surface area contributed by atoms with Gasteiger partial charge in [0, 0.05) is 25.6 Å². The van der Waals surface area contributed by atoms with Crippen LogP contribution in [0.4, 0.5) is 4.79 Å².